The summed E-state index contributed by atoms with van der Waals surface area (Å²) in [4.78, 5) is 26.7. The van der Waals surface area contributed by atoms with E-state index in [0.29, 0.717) is 35.6 Å². The molecule has 29 heavy (non-hydrogen) atoms. The zero-order chi connectivity index (χ0) is 19.8. The van der Waals surface area contributed by atoms with Gasteiger partial charge in [-0.1, -0.05) is 84.9 Å². The van der Waals surface area contributed by atoms with Crippen LogP contribution in [0.5, 0.6) is 0 Å². The molecule has 0 saturated carbocycles. The fraction of sp³-hybridized carbons (Fsp3) is 0.0800. The Morgan fingerprint density at radius 2 is 1.21 bits per heavy atom. The minimum absolute atomic E-state index is 0.0991. The quantitative estimate of drug-likeness (QED) is 0.448. The minimum atomic E-state index is -0.0991. The van der Waals surface area contributed by atoms with E-state index < -0.39 is 0 Å². The van der Waals surface area contributed by atoms with E-state index in [-0.39, 0.29) is 11.6 Å². The Labute approximate surface area is 168 Å². The van der Waals surface area contributed by atoms with E-state index in [9.17, 15) is 9.59 Å². The molecule has 0 amide bonds. The fourth-order valence-corrected chi connectivity index (χ4v) is 3.97. The molecule has 3 aromatic carbocycles. The van der Waals surface area contributed by atoms with Crippen LogP contribution < -0.4 is 4.57 Å². The Balaban J connectivity index is 1.67. The first-order valence-electron chi connectivity index (χ1n) is 9.61. The van der Waals surface area contributed by atoms with Crippen LogP contribution in [0.4, 0.5) is 0 Å². The minimum Gasteiger partial charge on any atom is -0.284 e. The number of carbonyl (C=O) groups excluding carboxylic acids is 2. The number of ketones is 2. The van der Waals surface area contributed by atoms with Crippen molar-refractivity contribution in [2.75, 3.05) is 0 Å². The van der Waals surface area contributed by atoms with Gasteiger partial charge in [0.25, 0.3) is 0 Å². The van der Waals surface area contributed by atoms with Crippen LogP contribution in [0.25, 0.3) is 0 Å². The number of imidazole rings is 1. The van der Waals surface area contributed by atoms with Crippen LogP contribution in [0.1, 0.15) is 43.2 Å². The van der Waals surface area contributed by atoms with Crippen LogP contribution >= 0.6 is 0 Å². The van der Waals surface area contributed by atoms with Crippen molar-refractivity contribution >= 4 is 11.6 Å². The summed E-state index contributed by atoms with van der Waals surface area (Å²) in [5.41, 5.74) is 4.04. The molecule has 0 atom stereocenters. The molecule has 0 radical (unpaired) electrons. The Kier molecular flexibility index (Phi) is 4.17. The van der Waals surface area contributed by atoms with Crippen LogP contribution in [0, 0.1) is 0 Å². The standard InChI is InChI=1S/C25H19N2O2/c28-24-20-13-7-8-14-21(20)25(29)23-22(24)26(15-18-9-3-1-4-10-18)17-27(23)16-19-11-5-2-6-12-19/h1-14,17H,15-16H2/q+1. The SMILES string of the molecule is O=C1c2ccccc2C(=O)c2c1n(Cc1ccccc1)c[n+]2Cc1ccccc1. The maximum Gasteiger partial charge on any atom is 0.245 e. The molecule has 0 aliphatic heterocycles. The summed E-state index contributed by atoms with van der Waals surface area (Å²) in [7, 11) is 0. The van der Waals surface area contributed by atoms with Crippen molar-refractivity contribution in [1.29, 1.82) is 0 Å². The van der Waals surface area contributed by atoms with Gasteiger partial charge in [-0.3, -0.25) is 9.59 Å². The van der Waals surface area contributed by atoms with Crippen molar-refractivity contribution in [2.24, 2.45) is 0 Å². The Morgan fingerprint density at radius 3 is 1.86 bits per heavy atom. The summed E-state index contributed by atoms with van der Waals surface area (Å²) in [5.74, 6) is -0.198. The molecular weight excluding hydrogens is 360 g/mol. The second-order valence-corrected chi connectivity index (χ2v) is 7.24. The van der Waals surface area contributed by atoms with Gasteiger partial charge in [0.05, 0.1) is 0 Å². The molecule has 1 heterocycles. The van der Waals surface area contributed by atoms with Crippen LogP contribution in [-0.2, 0) is 13.1 Å². The van der Waals surface area contributed by atoms with Gasteiger partial charge in [0.1, 0.15) is 13.1 Å². The zero-order valence-corrected chi connectivity index (χ0v) is 15.8. The van der Waals surface area contributed by atoms with Crippen LogP contribution in [0.15, 0.2) is 91.3 Å². The van der Waals surface area contributed by atoms with Crippen molar-refractivity contribution < 1.29 is 14.2 Å². The third-order valence-electron chi connectivity index (χ3n) is 5.32. The maximum absolute atomic E-state index is 13.3. The average molecular weight is 379 g/mol. The highest BCUT2D eigenvalue weighted by Gasteiger charge is 2.40. The number of rotatable bonds is 4. The van der Waals surface area contributed by atoms with Crippen molar-refractivity contribution in [1.82, 2.24) is 4.57 Å². The lowest BCUT2D eigenvalue weighted by atomic mass is 9.90. The number of nitrogens with zero attached hydrogens (tertiary/aromatic N) is 2. The van der Waals surface area contributed by atoms with E-state index in [0.717, 1.165) is 11.1 Å². The molecule has 4 aromatic rings. The number of hydrogen-bond donors (Lipinski definition) is 0. The molecule has 140 valence electrons. The van der Waals surface area contributed by atoms with Crippen molar-refractivity contribution in [3.63, 3.8) is 0 Å². The largest absolute Gasteiger partial charge is 0.284 e. The first kappa shape index (κ1) is 17.3. The van der Waals surface area contributed by atoms with E-state index in [1.165, 1.54) is 0 Å². The van der Waals surface area contributed by atoms with Crippen molar-refractivity contribution in [2.45, 2.75) is 13.1 Å². The van der Waals surface area contributed by atoms with Gasteiger partial charge >= 0.3 is 0 Å². The third-order valence-corrected chi connectivity index (χ3v) is 5.32. The van der Waals surface area contributed by atoms with Gasteiger partial charge in [-0.05, 0) is 11.1 Å². The van der Waals surface area contributed by atoms with Crippen LogP contribution in [0.3, 0.4) is 0 Å². The molecule has 0 unspecified atom stereocenters. The van der Waals surface area contributed by atoms with Gasteiger partial charge in [0, 0.05) is 11.1 Å². The molecule has 1 aromatic heterocycles. The van der Waals surface area contributed by atoms with Crippen molar-refractivity contribution in [3.8, 4) is 0 Å². The maximum atomic E-state index is 13.3. The number of aromatic nitrogens is 2. The Morgan fingerprint density at radius 1 is 0.655 bits per heavy atom. The predicted molar refractivity (Wildman–Crippen MR) is 109 cm³/mol. The van der Waals surface area contributed by atoms with Gasteiger partial charge in [0.2, 0.25) is 29.3 Å². The first-order valence-corrected chi connectivity index (χ1v) is 9.61. The lowest BCUT2D eigenvalue weighted by Gasteiger charge is -2.13. The lowest BCUT2D eigenvalue weighted by molar-refractivity contribution is -0.689. The van der Waals surface area contributed by atoms with Gasteiger partial charge in [-0.2, -0.15) is 0 Å². The smallest absolute Gasteiger partial charge is 0.245 e. The normalized spacial score (nSPS) is 12.6. The first-order chi connectivity index (χ1) is 14.2. The number of hydrogen-bond acceptors (Lipinski definition) is 2. The molecule has 4 heteroatoms. The van der Waals surface area contributed by atoms with Crippen LogP contribution in [0.2, 0.25) is 0 Å². The highest BCUT2D eigenvalue weighted by Crippen LogP contribution is 2.26. The van der Waals surface area contributed by atoms with Crippen molar-refractivity contribution in [3.05, 3.63) is 125 Å². The van der Waals surface area contributed by atoms with Gasteiger partial charge in [-0.15, -0.1) is 0 Å². The van der Waals surface area contributed by atoms with E-state index in [1.807, 2.05) is 76.1 Å². The second-order valence-electron chi connectivity index (χ2n) is 7.24. The highest BCUT2D eigenvalue weighted by atomic mass is 16.1. The number of fused-ring (bicyclic) bond motifs is 2. The Hall–Kier alpha value is -3.79. The lowest BCUT2D eigenvalue weighted by Crippen LogP contribution is -2.41. The topological polar surface area (TPSA) is 43.0 Å². The molecule has 0 fully saturated rings. The summed E-state index contributed by atoms with van der Waals surface area (Å²) < 4.78 is 3.81. The molecule has 1 aliphatic rings. The molecule has 0 N–H and O–H groups in total. The third kappa shape index (κ3) is 2.99. The van der Waals surface area contributed by atoms with Crippen LogP contribution in [-0.4, -0.2) is 16.1 Å². The highest BCUT2D eigenvalue weighted by molar-refractivity contribution is 6.26. The monoisotopic (exact) mass is 379 g/mol. The van der Waals surface area contributed by atoms with Gasteiger partial charge in [0.15, 0.2) is 0 Å². The molecular formula is C25H19N2O2+. The van der Waals surface area contributed by atoms with Gasteiger partial charge < -0.3 is 0 Å². The molecule has 5 rings (SSSR count). The number of carbonyl (C=O) groups is 2. The Bertz CT molecular complexity index is 1130. The average Bonchev–Trinajstić information content (AvgIpc) is 3.11. The fourth-order valence-electron chi connectivity index (χ4n) is 3.97. The molecule has 0 spiro atoms. The molecule has 0 saturated heterocycles. The van der Waals surface area contributed by atoms with E-state index in [2.05, 4.69) is 0 Å². The molecule has 1 aliphatic carbocycles. The van der Waals surface area contributed by atoms with E-state index in [1.54, 1.807) is 24.3 Å². The number of benzene rings is 3. The summed E-state index contributed by atoms with van der Waals surface area (Å²) >= 11 is 0. The summed E-state index contributed by atoms with van der Waals surface area (Å²) in [6, 6.07) is 27.0. The summed E-state index contributed by atoms with van der Waals surface area (Å²) in [6.07, 6.45) is 1.90. The molecule has 0 bridgehead atoms. The zero-order valence-electron chi connectivity index (χ0n) is 15.8. The second kappa shape index (κ2) is 6.99. The van der Waals surface area contributed by atoms with Gasteiger partial charge in [-0.25, -0.2) is 9.13 Å². The van der Waals surface area contributed by atoms with E-state index in [4.69, 9.17) is 0 Å². The summed E-state index contributed by atoms with van der Waals surface area (Å²) in [5, 5.41) is 0. The molecule has 4 nitrogen and oxygen atoms in total. The van der Waals surface area contributed by atoms with E-state index >= 15 is 0 Å². The summed E-state index contributed by atoms with van der Waals surface area (Å²) in [6.45, 7) is 1.07. The predicted octanol–water partition coefficient (Wildman–Crippen LogP) is 3.65.